The summed E-state index contributed by atoms with van der Waals surface area (Å²) in [4.78, 5) is 17.3. The van der Waals surface area contributed by atoms with Crippen molar-refractivity contribution in [2.45, 2.75) is 25.8 Å². The van der Waals surface area contributed by atoms with E-state index in [0.29, 0.717) is 12.6 Å². The van der Waals surface area contributed by atoms with E-state index in [-0.39, 0.29) is 5.91 Å². The van der Waals surface area contributed by atoms with Crippen molar-refractivity contribution in [1.82, 2.24) is 9.88 Å². The molecule has 0 spiro atoms. The largest absolute Gasteiger partial charge is 0.369 e. The second kappa shape index (κ2) is 4.61. The fourth-order valence-electron chi connectivity index (χ4n) is 2.37. The van der Waals surface area contributed by atoms with E-state index < -0.39 is 0 Å². The second-order valence-corrected chi connectivity index (χ2v) is 4.33. The molecule has 0 aromatic carbocycles. The predicted molar refractivity (Wildman–Crippen MR) is 61.7 cm³/mol. The van der Waals surface area contributed by atoms with E-state index >= 15 is 0 Å². The topological polar surface area (TPSA) is 59.2 Å². The Balaban J connectivity index is 2.16. The first-order valence-electron chi connectivity index (χ1n) is 5.62. The number of hydrogen-bond acceptors (Lipinski definition) is 3. The number of carbonyl (C=O) groups excluding carboxylic acids is 1. The van der Waals surface area contributed by atoms with Gasteiger partial charge in [-0.15, -0.1) is 0 Å². The van der Waals surface area contributed by atoms with Gasteiger partial charge in [-0.1, -0.05) is 0 Å². The number of aromatic nitrogens is 1. The number of carbonyl (C=O) groups is 1. The Kier molecular flexibility index (Phi) is 3.19. The standard InChI is InChI=1S/C12H17N3O/c1-9-7-10(4-5-14-9)11-3-2-6-15(11)8-12(13)16/h4-5,7,11H,2-3,6,8H2,1H3,(H2,13,16)/t11-/m0/s1. The third-order valence-corrected chi connectivity index (χ3v) is 3.03. The molecular weight excluding hydrogens is 202 g/mol. The van der Waals surface area contributed by atoms with E-state index in [1.54, 1.807) is 0 Å². The number of amides is 1. The maximum absolute atomic E-state index is 11.0. The number of aryl methyl sites for hydroxylation is 1. The molecule has 1 amide bonds. The number of pyridine rings is 1. The minimum Gasteiger partial charge on any atom is -0.369 e. The van der Waals surface area contributed by atoms with Gasteiger partial charge in [0.1, 0.15) is 0 Å². The minimum atomic E-state index is -0.252. The van der Waals surface area contributed by atoms with Gasteiger partial charge in [0, 0.05) is 17.9 Å². The summed E-state index contributed by atoms with van der Waals surface area (Å²) in [7, 11) is 0. The van der Waals surface area contributed by atoms with E-state index in [9.17, 15) is 4.79 Å². The van der Waals surface area contributed by atoms with Crippen LogP contribution in [-0.4, -0.2) is 28.9 Å². The first-order chi connectivity index (χ1) is 7.66. The molecule has 1 aromatic heterocycles. The van der Waals surface area contributed by atoms with Crippen molar-refractivity contribution in [3.63, 3.8) is 0 Å². The van der Waals surface area contributed by atoms with Crippen molar-refractivity contribution in [1.29, 1.82) is 0 Å². The lowest BCUT2D eigenvalue weighted by atomic mass is 10.1. The van der Waals surface area contributed by atoms with Gasteiger partial charge in [-0.25, -0.2) is 0 Å². The maximum atomic E-state index is 11.0. The van der Waals surface area contributed by atoms with Crippen LogP contribution in [0.1, 0.15) is 30.1 Å². The highest BCUT2D eigenvalue weighted by atomic mass is 16.1. The molecule has 0 radical (unpaired) electrons. The highest BCUT2D eigenvalue weighted by Gasteiger charge is 2.26. The molecule has 86 valence electrons. The number of hydrogen-bond donors (Lipinski definition) is 1. The van der Waals surface area contributed by atoms with Crippen molar-refractivity contribution in [3.8, 4) is 0 Å². The van der Waals surface area contributed by atoms with Gasteiger partial charge in [-0.3, -0.25) is 14.7 Å². The van der Waals surface area contributed by atoms with Crippen molar-refractivity contribution < 1.29 is 4.79 Å². The summed E-state index contributed by atoms with van der Waals surface area (Å²) in [6, 6.07) is 4.44. The van der Waals surface area contributed by atoms with Crippen molar-refractivity contribution >= 4 is 5.91 Å². The smallest absolute Gasteiger partial charge is 0.231 e. The zero-order valence-electron chi connectivity index (χ0n) is 9.52. The van der Waals surface area contributed by atoms with E-state index in [1.165, 1.54) is 5.56 Å². The van der Waals surface area contributed by atoms with Gasteiger partial charge >= 0.3 is 0 Å². The lowest BCUT2D eigenvalue weighted by Crippen LogP contribution is -2.33. The molecule has 2 N–H and O–H groups in total. The number of likely N-dealkylation sites (tertiary alicyclic amines) is 1. The Morgan fingerprint density at radius 1 is 1.69 bits per heavy atom. The van der Waals surface area contributed by atoms with Crippen LogP contribution in [0.5, 0.6) is 0 Å². The lowest BCUT2D eigenvalue weighted by molar-refractivity contribution is -0.119. The van der Waals surface area contributed by atoms with E-state index in [0.717, 1.165) is 25.1 Å². The second-order valence-electron chi connectivity index (χ2n) is 4.33. The van der Waals surface area contributed by atoms with Crippen LogP contribution in [0.2, 0.25) is 0 Å². The van der Waals surface area contributed by atoms with Gasteiger partial charge in [-0.05, 0) is 44.0 Å². The summed E-state index contributed by atoms with van der Waals surface area (Å²) in [6.07, 6.45) is 4.04. The molecule has 1 aromatic rings. The van der Waals surface area contributed by atoms with E-state index in [1.807, 2.05) is 19.2 Å². The van der Waals surface area contributed by atoms with E-state index in [2.05, 4.69) is 16.0 Å². The summed E-state index contributed by atoms with van der Waals surface area (Å²) in [5, 5.41) is 0. The summed E-state index contributed by atoms with van der Waals surface area (Å²) in [6.45, 7) is 3.29. The lowest BCUT2D eigenvalue weighted by Gasteiger charge is -2.23. The molecule has 2 heterocycles. The normalized spacial score (nSPS) is 21.2. The van der Waals surface area contributed by atoms with Crippen LogP contribution in [0, 0.1) is 6.92 Å². The third-order valence-electron chi connectivity index (χ3n) is 3.03. The number of rotatable bonds is 3. The molecule has 16 heavy (non-hydrogen) atoms. The third kappa shape index (κ3) is 2.39. The maximum Gasteiger partial charge on any atom is 0.231 e. The van der Waals surface area contributed by atoms with Gasteiger partial charge in [0.25, 0.3) is 0 Å². The Bertz CT molecular complexity index is 392. The van der Waals surface area contributed by atoms with Gasteiger partial charge in [-0.2, -0.15) is 0 Å². The van der Waals surface area contributed by atoms with Crippen LogP contribution >= 0.6 is 0 Å². The van der Waals surface area contributed by atoms with Crippen molar-refractivity contribution in [2.75, 3.05) is 13.1 Å². The minimum absolute atomic E-state index is 0.252. The van der Waals surface area contributed by atoms with Gasteiger partial charge in [0.15, 0.2) is 0 Å². The zero-order valence-corrected chi connectivity index (χ0v) is 9.52. The molecule has 0 saturated carbocycles. The van der Waals surface area contributed by atoms with Crippen molar-refractivity contribution in [3.05, 3.63) is 29.6 Å². The molecule has 1 saturated heterocycles. The van der Waals surface area contributed by atoms with Crippen LogP contribution in [0.4, 0.5) is 0 Å². The average molecular weight is 219 g/mol. The Labute approximate surface area is 95.5 Å². The molecule has 2 rings (SSSR count). The Morgan fingerprint density at radius 2 is 2.50 bits per heavy atom. The fraction of sp³-hybridized carbons (Fsp3) is 0.500. The Hall–Kier alpha value is -1.42. The highest BCUT2D eigenvalue weighted by Crippen LogP contribution is 2.31. The van der Waals surface area contributed by atoms with Crippen LogP contribution in [0.15, 0.2) is 18.3 Å². The van der Waals surface area contributed by atoms with Gasteiger partial charge in [0.2, 0.25) is 5.91 Å². The van der Waals surface area contributed by atoms with Crippen LogP contribution < -0.4 is 5.73 Å². The molecule has 0 bridgehead atoms. The van der Waals surface area contributed by atoms with Gasteiger partial charge in [0.05, 0.1) is 6.54 Å². The van der Waals surface area contributed by atoms with E-state index in [4.69, 9.17) is 5.73 Å². The SMILES string of the molecule is Cc1cc([C@@H]2CCCN2CC(N)=O)ccn1. The quantitative estimate of drug-likeness (QED) is 0.825. The highest BCUT2D eigenvalue weighted by molar-refractivity contribution is 5.76. The summed E-state index contributed by atoms with van der Waals surface area (Å²) >= 11 is 0. The molecular formula is C12H17N3O. The molecule has 0 unspecified atom stereocenters. The zero-order chi connectivity index (χ0) is 11.5. The predicted octanol–water partition coefficient (Wildman–Crippen LogP) is 1.01. The van der Waals surface area contributed by atoms with Gasteiger partial charge < -0.3 is 5.73 Å². The summed E-state index contributed by atoms with van der Waals surface area (Å²) < 4.78 is 0. The molecule has 4 nitrogen and oxygen atoms in total. The molecule has 1 atom stereocenters. The molecule has 4 heteroatoms. The first-order valence-corrected chi connectivity index (χ1v) is 5.62. The number of primary amides is 1. The summed E-state index contributed by atoms with van der Waals surface area (Å²) in [5.41, 5.74) is 7.51. The Morgan fingerprint density at radius 3 is 3.19 bits per heavy atom. The van der Waals surface area contributed by atoms with Crippen molar-refractivity contribution in [2.24, 2.45) is 5.73 Å². The number of nitrogens with two attached hydrogens (primary N) is 1. The van der Waals surface area contributed by atoms with Crippen LogP contribution in [-0.2, 0) is 4.79 Å². The molecule has 1 fully saturated rings. The average Bonchev–Trinajstić information content (AvgIpc) is 2.65. The first kappa shape index (κ1) is 11.1. The monoisotopic (exact) mass is 219 g/mol. The summed E-state index contributed by atoms with van der Waals surface area (Å²) in [5.74, 6) is -0.252. The number of nitrogens with zero attached hydrogens (tertiary/aromatic N) is 2. The molecule has 0 aliphatic carbocycles. The van der Waals surface area contributed by atoms with Crippen LogP contribution in [0.25, 0.3) is 0 Å². The molecule has 1 aliphatic rings. The fourth-order valence-corrected chi connectivity index (χ4v) is 2.37. The van der Waals surface area contributed by atoms with Crippen LogP contribution in [0.3, 0.4) is 0 Å². The molecule has 1 aliphatic heterocycles.